The minimum Gasteiger partial charge on any atom is -0.483 e. The first-order valence-electron chi connectivity index (χ1n) is 8.39. The molecule has 3 N–H and O–H groups in total. The Kier molecular flexibility index (Phi) is 6.81. The number of pyridine rings is 1. The van der Waals surface area contributed by atoms with E-state index in [1.54, 1.807) is 29.7 Å². The van der Waals surface area contributed by atoms with Crippen LogP contribution in [0.1, 0.15) is 11.1 Å². The van der Waals surface area contributed by atoms with Gasteiger partial charge in [0.2, 0.25) is 0 Å². The van der Waals surface area contributed by atoms with Crippen LogP contribution in [0, 0.1) is 13.8 Å². The van der Waals surface area contributed by atoms with Crippen molar-refractivity contribution in [3.63, 3.8) is 0 Å². The van der Waals surface area contributed by atoms with E-state index in [9.17, 15) is 18.0 Å². The number of urea groups is 1. The second kappa shape index (κ2) is 9.09. The van der Waals surface area contributed by atoms with Crippen LogP contribution in [-0.4, -0.2) is 39.7 Å². The van der Waals surface area contributed by atoms with E-state index >= 15 is 0 Å². The van der Waals surface area contributed by atoms with E-state index in [-0.39, 0.29) is 6.47 Å². The largest absolute Gasteiger partial charge is 0.483 e. The monoisotopic (exact) mass is 408 g/mol. The van der Waals surface area contributed by atoms with Crippen molar-refractivity contribution >= 4 is 23.8 Å². The van der Waals surface area contributed by atoms with Crippen molar-refractivity contribution in [3.8, 4) is 11.3 Å². The number of carbonyl (C=O) groups excluding carboxylic acids is 1. The van der Waals surface area contributed by atoms with Crippen LogP contribution in [0.3, 0.4) is 0 Å². The minimum absolute atomic E-state index is 0.250. The average molecular weight is 408 g/mol. The Labute approximate surface area is 164 Å². The van der Waals surface area contributed by atoms with Gasteiger partial charge in [-0.05, 0) is 43.2 Å². The zero-order valence-corrected chi connectivity index (χ0v) is 15.6. The molecule has 2 amide bonds. The summed E-state index contributed by atoms with van der Waals surface area (Å²) in [6.45, 7) is 2.37. The van der Waals surface area contributed by atoms with Crippen molar-refractivity contribution in [2.24, 2.45) is 0 Å². The summed E-state index contributed by atoms with van der Waals surface area (Å²) >= 11 is 0. The van der Waals surface area contributed by atoms with E-state index in [2.05, 4.69) is 10.3 Å². The van der Waals surface area contributed by atoms with Crippen molar-refractivity contribution in [1.29, 1.82) is 0 Å². The van der Waals surface area contributed by atoms with E-state index < -0.39 is 18.8 Å². The molecule has 0 aliphatic rings. The lowest BCUT2D eigenvalue weighted by molar-refractivity contribution is -0.123. The first-order valence-corrected chi connectivity index (χ1v) is 8.39. The van der Waals surface area contributed by atoms with Crippen LogP contribution in [0.2, 0.25) is 0 Å². The summed E-state index contributed by atoms with van der Waals surface area (Å²) in [6.07, 6.45) is -0.758. The number of hydrogen-bond donors (Lipinski definition) is 3. The number of alkyl halides is 3. The third-order valence-corrected chi connectivity index (χ3v) is 3.98. The molecule has 3 rings (SSSR count). The first-order chi connectivity index (χ1) is 13.6. The molecule has 0 saturated carbocycles. The number of nitrogens with one attached hydrogen (secondary N) is 2. The second-order valence-electron chi connectivity index (χ2n) is 6.12. The van der Waals surface area contributed by atoms with Crippen LogP contribution in [0.25, 0.3) is 16.9 Å². The molecule has 0 aliphatic heterocycles. The molecule has 2 heterocycles. The van der Waals surface area contributed by atoms with E-state index in [1.165, 1.54) is 0 Å². The molecule has 0 atom stereocenters. The molecule has 0 radical (unpaired) electrons. The fourth-order valence-corrected chi connectivity index (χ4v) is 2.55. The average Bonchev–Trinajstić information content (AvgIpc) is 3.03. The number of nitrogens with zero attached hydrogens (tertiary/aromatic N) is 2. The number of carboxylic acid groups (broad SMARTS) is 1. The molecule has 3 aromatic rings. The Hall–Kier alpha value is -3.56. The number of rotatable bonds is 3. The summed E-state index contributed by atoms with van der Waals surface area (Å²) in [5.74, 6) is 0. The van der Waals surface area contributed by atoms with Gasteiger partial charge in [0.05, 0.1) is 11.9 Å². The Balaban J connectivity index is 0.000000941. The lowest BCUT2D eigenvalue weighted by Gasteiger charge is -2.11. The summed E-state index contributed by atoms with van der Waals surface area (Å²) < 4.78 is 38.4. The van der Waals surface area contributed by atoms with E-state index in [4.69, 9.17) is 9.90 Å². The van der Waals surface area contributed by atoms with Gasteiger partial charge >= 0.3 is 12.2 Å². The molecule has 2 aromatic heterocycles. The van der Waals surface area contributed by atoms with E-state index in [0.717, 1.165) is 28.0 Å². The van der Waals surface area contributed by atoms with Gasteiger partial charge < -0.3 is 15.7 Å². The van der Waals surface area contributed by atoms with Gasteiger partial charge in [-0.25, -0.2) is 9.78 Å². The van der Waals surface area contributed by atoms with Gasteiger partial charge in [-0.15, -0.1) is 0 Å². The molecule has 29 heavy (non-hydrogen) atoms. The zero-order valence-electron chi connectivity index (χ0n) is 15.6. The second-order valence-corrected chi connectivity index (χ2v) is 6.12. The highest BCUT2D eigenvalue weighted by atomic mass is 19.4. The molecule has 0 saturated heterocycles. The minimum atomic E-state index is -4.45. The van der Waals surface area contributed by atoms with Crippen molar-refractivity contribution in [2.45, 2.75) is 20.0 Å². The summed E-state index contributed by atoms with van der Waals surface area (Å²) in [6, 6.07) is 7.92. The smallest absolute Gasteiger partial charge is 0.405 e. The van der Waals surface area contributed by atoms with Crippen molar-refractivity contribution in [3.05, 3.63) is 53.9 Å². The summed E-state index contributed by atoms with van der Waals surface area (Å²) in [7, 11) is 0. The normalized spacial score (nSPS) is 10.8. The molecule has 0 bridgehead atoms. The van der Waals surface area contributed by atoms with Gasteiger partial charge in [0.1, 0.15) is 12.2 Å². The highest BCUT2D eigenvalue weighted by molar-refractivity contribution is 5.90. The molecule has 0 unspecified atom stereocenters. The highest BCUT2D eigenvalue weighted by Crippen LogP contribution is 2.25. The molecule has 1 aromatic carbocycles. The zero-order chi connectivity index (χ0) is 21.6. The summed E-state index contributed by atoms with van der Waals surface area (Å²) in [4.78, 5) is 24.4. The Morgan fingerprint density at radius 2 is 1.93 bits per heavy atom. The lowest BCUT2D eigenvalue weighted by atomic mass is 10.1. The number of anilines is 1. The van der Waals surface area contributed by atoms with Crippen LogP contribution in [0.5, 0.6) is 0 Å². The van der Waals surface area contributed by atoms with E-state index in [1.807, 2.05) is 36.6 Å². The van der Waals surface area contributed by atoms with Crippen LogP contribution < -0.4 is 10.6 Å². The number of hydrogen-bond acceptors (Lipinski definition) is 3. The maximum Gasteiger partial charge on any atom is 0.405 e. The van der Waals surface area contributed by atoms with Gasteiger partial charge in [0.15, 0.2) is 0 Å². The molecule has 0 fully saturated rings. The SMILES string of the molecule is Cc1cc2ncc(-c3cccc(NC(=O)NCC(F)(F)F)c3)n2cc1C.O=CO. The predicted octanol–water partition coefficient (Wildman–Crippen LogP) is 4.00. The predicted molar refractivity (Wildman–Crippen MR) is 102 cm³/mol. The Bertz CT molecular complexity index is 1020. The van der Waals surface area contributed by atoms with Crippen LogP contribution in [0.4, 0.5) is 23.7 Å². The van der Waals surface area contributed by atoms with Gasteiger partial charge in [0.25, 0.3) is 6.47 Å². The standard InChI is InChI=1S/C18H17F3N4O.CH2O2/c1-11-6-16-22-8-15(25(16)9-12(11)2)13-4-3-5-14(7-13)24-17(26)23-10-18(19,20)21;2-1-3/h3-9H,10H2,1-2H3,(H2,23,24,26);1H,(H,2,3). The number of aryl methyl sites for hydroxylation is 2. The number of amides is 2. The fourth-order valence-electron chi connectivity index (χ4n) is 2.55. The molecule has 154 valence electrons. The number of aromatic nitrogens is 2. The first kappa shape index (κ1) is 21.7. The molecular formula is C19H19F3N4O3. The van der Waals surface area contributed by atoms with Crippen molar-refractivity contribution in [2.75, 3.05) is 11.9 Å². The van der Waals surface area contributed by atoms with Crippen LogP contribution in [0.15, 0.2) is 42.7 Å². The van der Waals surface area contributed by atoms with Gasteiger partial charge in [-0.3, -0.25) is 9.20 Å². The van der Waals surface area contributed by atoms with Crippen LogP contribution >= 0.6 is 0 Å². The number of halogens is 3. The quantitative estimate of drug-likeness (QED) is 0.571. The Morgan fingerprint density at radius 1 is 1.24 bits per heavy atom. The Morgan fingerprint density at radius 3 is 2.59 bits per heavy atom. The number of imidazole rings is 1. The number of carbonyl (C=O) groups is 2. The number of benzene rings is 1. The third kappa shape index (κ3) is 5.96. The topological polar surface area (TPSA) is 95.7 Å². The fraction of sp³-hybridized carbons (Fsp3) is 0.211. The lowest BCUT2D eigenvalue weighted by Crippen LogP contribution is -2.36. The van der Waals surface area contributed by atoms with Crippen molar-refractivity contribution < 1.29 is 27.9 Å². The number of fused-ring (bicyclic) bond motifs is 1. The highest BCUT2D eigenvalue weighted by Gasteiger charge is 2.27. The summed E-state index contributed by atoms with van der Waals surface area (Å²) in [5, 5.41) is 11.1. The molecule has 7 nitrogen and oxygen atoms in total. The summed E-state index contributed by atoms with van der Waals surface area (Å²) in [5.41, 5.74) is 5.03. The third-order valence-electron chi connectivity index (χ3n) is 3.98. The molecular weight excluding hydrogens is 389 g/mol. The van der Waals surface area contributed by atoms with Crippen LogP contribution in [-0.2, 0) is 4.79 Å². The van der Waals surface area contributed by atoms with Crippen molar-refractivity contribution in [1.82, 2.24) is 14.7 Å². The molecule has 0 aliphatic carbocycles. The maximum atomic E-state index is 12.2. The van der Waals surface area contributed by atoms with E-state index in [0.29, 0.717) is 5.69 Å². The molecule has 0 spiro atoms. The maximum absolute atomic E-state index is 12.2. The van der Waals surface area contributed by atoms with Gasteiger partial charge in [0, 0.05) is 17.4 Å². The molecule has 10 heteroatoms. The van der Waals surface area contributed by atoms with Gasteiger partial charge in [-0.2, -0.15) is 13.2 Å². The van der Waals surface area contributed by atoms with Gasteiger partial charge in [-0.1, -0.05) is 12.1 Å².